The van der Waals surface area contributed by atoms with E-state index in [2.05, 4.69) is 29.2 Å². The van der Waals surface area contributed by atoms with E-state index in [1.165, 1.54) is 5.56 Å². The summed E-state index contributed by atoms with van der Waals surface area (Å²) in [5.74, 6) is 0.153. The molecule has 4 heteroatoms. The zero-order chi connectivity index (χ0) is 18.1. The molecule has 1 aromatic carbocycles. The van der Waals surface area contributed by atoms with Crippen LogP contribution >= 0.6 is 0 Å². The number of nitriles is 1. The Morgan fingerprint density at radius 3 is 2.88 bits per heavy atom. The third kappa shape index (κ3) is 3.74. The Bertz CT molecular complexity index is 648. The molecule has 2 fully saturated rings. The van der Waals surface area contributed by atoms with Crippen molar-refractivity contribution in [1.29, 1.82) is 5.26 Å². The Kier molecular flexibility index (Phi) is 5.20. The highest BCUT2D eigenvalue weighted by molar-refractivity contribution is 5.37. The van der Waals surface area contributed by atoms with Crippen molar-refractivity contribution in [3.8, 4) is 6.07 Å². The number of likely N-dealkylation sites (tertiary alicyclic amines) is 1. The zero-order valence-electron chi connectivity index (χ0n) is 15.7. The van der Waals surface area contributed by atoms with Crippen molar-refractivity contribution in [3.05, 3.63) is 35.4 Å². The summed E-state index contributed by atoms with van der Waals surface area (Å²) < 4.78 is 5.69. The van der Waals surface area contributed by atoms with Gasteiger partial charge in [0.1, 0.15) is 0 Å². The Morgan fingerprint density at radius 2 is 2.16 bits per heavy atom. The topological polar surface area (TPSA) is 56.5 Å². The van der Waals surface area contributed by atoms with Crippen LogP contribution in [0, 0.1) is 17.2 Å². The molecule has 0 aromatic heterocycles. The highest BCUT2D eigenvalue weighted by Gasteiger charge is 2.44. The average molecular weight is 342 g/mol. The summed E-state index contributed by atoms with van der Waals surface area (Å²) in [6, 6.07) is 11.1. The van der Waals surface area contributed by atoms with Gasteiger partial charge in [0.05, 0.1) is 23.7 Å². The minimum Gasteiger partial charge on any atom is -0.390 e. The van der Waals surface area contributed by atoms with Crippen LogP contribution in [0.15, 0.2) is 24.3 Å². The molecule has 0 radical (unpaired) electrons. The summed E-state index contributed by atoms with van der Waals surface area (Å²) in [6.45, 7) is 9.08. The van der Waals surface area contributed by atoms with Crippen molar-refractivity contribution < 1.29 is 9.84 Å². The summed E-state index contributed by atoms with van der Waals surface area (Å²) >= 11 is 0. The van der Waals surface area contributed by atoms with Crippen LogP contribution in [0.1, 0.15) is 51.2 Å². The lowest BCUT2D eigenvalue weighted by Crippen LogP contribution is -2.52. The standard InChI is InChI=1S/C21H30N2O2/c1-20(2,15-22)17-8-5-4-7-16(17)13-23-11-6-9-19(23)18-14-25-12-10-21(18,3)24/h4-5,7-8,18-19,24H,6,9-14H2,1-3H3. The molecule has 0 spiro atoms. The maximum Gasteiger partial charge on any atom is 0.0769 e. The smallest absolute Gasteiger partial charge is 0.0769 e. The molecule has 3 rings (SSSR count). The molecular weight excluding hydrogens is 312 g/mol. The fourth-order valence-electron chi connectivity index (χ4n) is 4.43. The molecule has 4 nitrogen and oxygen atoms in total. The van der Waals surface area contributed by atoms with E-state index in [1.54, 1.807) is 0 Å². The number of nitrogens with zero attached hydrogens (tertiary/aromatic N) is 2. The molecule has 0 bridgehead atoms. The third-order valence-corrected chi connectivity index (χ3v) is 6.07. The molecule has 2 heterocycles. The molecule has 136 valence electrons. The highest BCUT2D eigenvalue weighted by Crippen LogP contribution is 2.37. The minimum absolute atomic E-state index is 0.153. The van der Waals surface area contributed by atoms with Gasteiger partial charge in [-0.05, 0) is 57.7 Å². The predicted molar refractivity (Wildman–Crippen MR) is 98.1 cm³/mol. The van der Waals surface area contributed by atoms with E-state index in [4.69, 9.17) is 4.74 Å². The number of hydrogen-bond donors (Lipinski definition) is 1. The van der Waals surface area contributed by atoms with Crippen molar-refractivity contribution >= 4 is 0 Å². The van der Waals surface area contributed by atoms with Crippen molar-refractivity contribution in [2.75, 3.05) is 19.8 Å². The first-order valence-electron chi connectivity index (χ1n) is 9.39. The number of ether oxygens (including phenoxy) is 1. The zero-order valence-corrected chi connectivity index (χ0v) is 15.7. The lowest BCUT2D eigenvalue weighted by atomic mass is 9.79. The van der Waals surface area contributed by atoms with Gasteiger partial charge in [0.2, 0.25) is 0 Å². The van der Waals surface area contributed by atoms with Crippen LogP contribution in [-0.4, -0.2) is 41.4 Å². The first-order valence-corrected chi connectivity index (χ1v) is 9.39. The first-order chi connectivity index (χ1) is 11.8. The van der Waals surface area contributed by atoms with Crippen LogP contribution in [0.5, 0.6) is 0 Å². The Balaban J connectivity index is 1.82. The summed E-state index contributed by atoms with van der Waals surface area (Å²) in [5, 5.41) is 20.4. The fourth-order valence-corrected chi connectivity index (χ4v) is 4.43. The fraction of sp³-hybridized carbons (Fsp3) is 0.667. The number of rotatable bonds is 4. The van der Waals surface area contributed by atoms with Crippen LogP contribution in [0.4, 0.5) is 0 Å². The maximum absolute atomic E-state index is 10.9. The first kappa shape index (κ1) is 18.4. The minimum atomic E-state index is -0.656. The van der Waals surface area contributed by atoms with Gasteiger partial charge in [0, 0.05) is 25.1 Å². The van der Waals surface area contributed by atoms with Crippen molar-refractivity contribution in [3.63, 3.8) is 0 Å². The Morgan fingerprint density at radius 1 is 1.40 bits per heavy atom. The molecule has 0 saturated carbocycles. The van der Waals surface area contributed by atoms with Crippen molar-refractivity contribution in [2.24, 2.45) is 5.92 Å². The quantitative estimate of drug-likeness (QED) is 0.913. The van der Waals surface area contributed by atoms with E-state index in [0.29, 0.717) is 25.7 Å². The van der Waals surface area contributed by atoms with E-state index in [0.717, 1.165) is 31.5 Å². The predicted octanol–water partition coefficient (Wildman–Crippen LogP) is 3.24. The van der Waals surface area contributed by atoms with E-state index >= 15 is 0 Å². The Labute approximate surface area is 151 Å². The molecule has 0 amide bonds. The van der Waals surface area contributed by atoms with E-state index < -0.39 is 11.0 Å². The molecule has 3 atom stereocenters. The molecule has 1 N–H and O–H groups in total. The normalized spacial score (nSPS) is 31.0. The molecular formula is C21H30N2O2. The number of benzene rings is 1. The maximum atomic E-state index is 10.9. The van der Waals surface area contributed by atoms with Crippen molar-refractivity contribution in [2.45, 2.75) is 63.6 Å². The largest absolute Gasteiger partial charge is 0.390 e. The molecule has 2 aliphatic heterocycles. The molecule has 1 aromatic rings. The van der Waals surface area contributed by atoms with Crippen LogP contribution in [0.2, 0.25) is 0 Å². The monoisotopic (exact) mass is 342 g/mol. The Hall–Kier alpha value is -1.41. The van der Waals surface area contributed by atoms with Crippen LogP contribution in [0.3, 0.4) is 0 Å². The highest BCUT2D eigenvalue weighted by atomic mass is 16.5. The summed E-state index contributed by atoms with van der Waals surface area (Å²) in [5.41, 5.74) is 1.18. The lowest BCUT2D eigenvalue weighted by Gasteiger charge is -2.43. The van der Waals surface area contributed by atoms with Gasteiger partial charge in [-0.15, -0.1) is 0 Å². The van der Waals surface area contributed by atoms with E-state index in [-0.39, 0.29) is 5.92 Å². The van der Waals surface area contributed by atoms with Gasteiger partial charge in [0.15, 0.2) is 0 Å². The number of hydrogen-bond acceptors (Lipinski definition) is 4. The molecule has 0 aliphatic carbocycles. The van der Waals surface area contributed by atoms with Crippen molar-refractivity contribution in [1.82, 2.24) is 4.90 Å². The average Bonchev–Trinajstić information content (AvgIpc) is 3.02. The molecule has 2 aliphatic rings. The third-order valence-electron chi connectivity index (χ3n) is 6.07. The van der Waals surface area contributed by atoms with Gasteiger partial charge in [-0.1, -0.05) is 24.3 Å². The van der Waals surface area contributed by atoms with Gasteiger partial charge in [-0.25, -0.2) is 0 Å². The second-order valence-corrected chi connectivity index (χ2v) is 8.36. The van der Waals surface area contributed by atoms with Gasteiger partial charge < -0.3 is 9.84 Å². The van der Waals surface area contributed by atoms with Gasteiger partial charge in [0.25, 0.3) is 0 Å². The lowest BCUT2D eigenvalue weighted by molar-refractivity contribution is -0.123. The summed E-state index contributed by atoms with van der Waals surface area (Å²) in [6.07, 6.45) is 2.97. The second-order valence-electron chi connectivity index (χ2n) is 8.36. The molecule has 3 unspecified atom stereocenters. The molecule has 25 heavy (non-hydrogen) atoms. The van der Waals surface area contributed by atoms with Crippen LogP contribution in [-0.2, 0) is 16.7 Å². The summed E-state index contributed by atoms with van der Waals surface area (Å²) in [4.78, 5) is 2.49. The van der Waals surface area contributed by atoms with Gasteiger partial charge in [-0.3, -0.25) is 4.90 Å². The van der Waals surface area contributed by atoms with Crippen LogP contribution < -0.4 is 0 Å². The van der Waals surface area contributed by atoms with E-state index in [1.807, 2.05) is 26.8 Å². The van der Waals surface area contributed by atoms with E-state index in [9.17, 15) is 10.4 Å². The van der Waals surface area contributed by atoms with Gasteiger partial charge >= 0.3 is 0 Å². The SMILES string of the molecule is CC(C)(C#N)c1ccccc1CN1CCCC1C1COCCC1(C)O. The van der Waals surface area contributed by atoms with Gasteiger partial charge in [-0.2, -0.15) is 5.26 Å². The second kappa shape index (κ2) is 7.07. The number of aliphatic hydroxyl groups is 1. The van der Waals surface area contributed by atoms with Crippen LogP contribution in [0.25, 0.3) is 0 Å². The summed E-state index contributed by atoms with van der Waals surface area (Å²) in [7, 11) is 0. The molecule has 2 saturated heterocycles.